The Labute approximate surface area is 100 Å². The van der Waals surface area contributed by atoms with E-state index in [9.17, 15) is 5.11 Å². The van der Waals surface area contributed by atoms with Gasteiger partial charge in [-0.2, -0.15) is 0 Å². The van der Waals surface area contributed by atoms with E-state index in [0.29, 0.717) is 11.6 Å². The average Bonchev–Trinajstić information content (AvgIpc) is 2.24. The lowest BCUT2D eigenvalue weighted by molar-refractivity contribution is -0.0202. The zero-order chi connectivity index (χ0) is 11.6. The fourth-order valence-corrected chi connectivity index (χ4v) is 2.01. The van der Waals surface area contributed by atoms with E-state index in [1.165, 1.54) is 0 Å². The van der Waals surface area contributed by atoms with Crippen molar-refractivity contribution in [3.63, 3.8) is 0 Å². The van der Waals surface area contributed by atoms with Crippen LogP contribution in [0.2, 0.25) is 5.02 Å². The normalized spacial score (nSPS) is 17.7. The molecule has 0 saturated heterocycles. The second-order valence-corrected chi connectivity index (χ2v) is 4.71. The minimum absolute atomic E-state index is 0.545. The summed E-state index contributed by atoms with van der Waals surface area (Å²) in [5.41, 5.74) is 0.281. The Morgan fingerprint density at radius 2 is 2.25 bits per heavy atom. The van der Waals surface area contributed by atoms with Crippen LogP contribution < -0.4 is 10.1 Å². The molecule has 0 heterocycles. The fourth-order valence-electron chi connectivity index (χ4n) is 1.84. The molecule has 3 nitrogen and oxygen atoms in total. The van der Waals surface area contributed by atoms with Crippen molar-refractivity contribution in [1.29, 1.82) is 0 Å². The summed E-state index contributed by atoms with van der Waals surface area (Å²) < 4.78 is 5.21. The van der Waals surface area contributed by atoms with Gasteiger partial charge in [0.15, 0.2) is 0 Å². The van der Waals surface area contributed by atoms with E-state index in [2.05, 4.69) is 5.32 Å². The van der Waals surface area contributed by atoms with Crippen molar-refractivity contribution in [2.45, 2.75) is 24.9 Å². The molecule has 1 aromatic rings. The van der Waals surface area contributed by atoms with Gasteiger partial charge in [0.1, 0.15) is 5.75 Å². The summed E-state index contributed by atoms with van der Waals surface area (Å²) in [6, 6.07) is 5.40. The zero-order valence-corrected chi connectivity index (χ0v) is 10.0. The molecule has 0 aromatic heterocycles. The lowest BCUT2D eigenvalue weighted by atomic mass is 9.80. The summed E-state index contributed by atoms with van der Waals surface area (Å²) in [6.45, 7) is 0.545. The maximum Gasteiger partial charge on any atom is 0.142 e. The Morgan fingerprint density at radius 1 is 1.50 bits per heavy atom. The van der Waals surface area contributed by atoms with Crippen LogP contribution in [0.3, 0.4) is 0 Å². The van der Waals surface area contributed by atoms with Gasteiger partial charge < -0.3 is 15.2 Å². The van der Waals surface area contributed by atoms with E-state index < -0.39 is 5.60 Å². The van der Waals surface area contributed by atoms with Gasteiger partial charge in [0.05, 0.1) is 18.4 Å². The molecule has 0 amide bonds. The van der Waals surface area contributed by atoms with Crippen molar-refractivity contribution < 1.29 is 9.84 Å². The number of hydrogen-bond acceptors (Lipinski definition) is 3. The van der Waals surface area contributed by atoms with Gasteiger partial charge in [-0.25, -0.2) is 0 Å². The van der Waals surface area contributed by atoms with Crippen molar-refractivity contribution in [1.82, 2.24) is 0 Å². The smallest absolute Gasteiger partial charge is 0.142 e. The number of nitrogens with one attached hydrogen (secondary N) is 1. The third kappa shape index (κ3) is 2.42. The predicted molar refractivity (Wildman–Crippen MR) is 65.3 cm³/mol. The maximum atomic E-state index is 9.97. The summed E-state index contributed by atoms with van der Waals surface area (Å²) >= 11 is 5.91. The van der Waals surface area contributed by atoms with Gasteiger partial charge >= 0.3 is 0 Å². The molecular weight excluding hydrogens is 226 g/mol. The molecule has 0 bridgehead atoms. The molecule has 2 rings (SSSR count). The number of hydrogen-bond donors (Lipinski definition) is 2. The molecule has 0 unspecified atom stereocenters. The van der Waals surface area contributed by atoms with Gasteiger partial charge in [0.2, 0.25) is 0 Å². The van der Waals surface area contributed by atoms with Crippen molar-refractivity contribution in [2.24, 2.45) is 0 Å². The molecule has 1 fully saturated rings. The van der Waals surface area contributed by atoms with Gasteiger partial charge in [-0.1, -0.05) is 11.6 Å². The van der Waals surface area contributed by atoms with Crippen LogP contribution in [0.25, 0.3) is 0 Å². The van der Waals surface area contributed by atoms with Crippen LogP contribution in [0.15, 0.2) is 18.2 Å². The predicted octanol–water partition coefficient (Wildman–Crippen LogP) is 2.68. The van der Waals surface area contributed by atoms with Gasteiger partial charge in [0.25, 0.3) is 0 Å². The first-order chi connectivity index (χ1) is 7.63. The fraction of sp³-hybridized carbons (Fsp3) is 0.500. The number of anilines is 1. The van der Waals surface area contributed by atoms with Crippen molar-refractivity contribution in [3.8, 4) is 5.75 Å². The van der Waals surface area contributed by atoms with Crippen LogP contribution in [-0.2, 0) is 0 Å². The van der Waals surface area contributed by atoms with Crippen LogP contribution in [-0.4, -0.2) is 24.4 Å². The summed E-state index contributed by atoms with van der Waals surface area (Å²) in [5, 5.41) is 13.8. The van der Waals surface area contributed by atoms with E-state index in [1.807, 2.05) is 12.1 Å². The number of aliphatic hydroxyl groups is 1. The van der Waals surface area contributed by atoms with E-state index in [4.69, 9.17) is 16.3 Å². The lowest BCUT2D eigenvalue weighted by Crippen LogP contribution is -2.43. The van der Waals surface area contributed by atoms with Gasteiger partial charge in [-0.15, -0.1) is 0 Å². The Hall–Kier alpha value is -0.930. The second kappa shape index (κ2) is 4.52. The molecule has 0 aliphatic heterocycles. The summed E-state index contributed by atoms with van der Waals surface area (Å²) in [5.74, 6) is 0.743. The first-order valence-electron chi connectivity index (χ1n) is 5.43. The molecule has 0 atom stereocenters. The number of rotatable bonds is 4. The van der Waals surface area contributed by atoms with Crippen LogP contribution in [0.5, 0.6) is 5.75 Å². The van der Waals surface area contributed by atoms with E-state index in [1.54, 1.807) is 13.2 Å². The molecule has 0 spiro atoms. The molecule has 1 aliphatic carbocycles. The number of methoxy groups -OCH3 is 1. The van der Waals surface area contributed by atoms with Crippen LogP contribution in [0.1, 0.15) is 19.3 Å². The zero-order valence-electron chi connectivity index (χ0n) is 9.29. The topological polar surface area (TPSA) is 41.5 Å². The molecule has 4 heteroatoms. The lowest BCUT2D eigenvalue weighted by Gasteiger charge is -2.37. The molecule has 1 saturated carbocycles. The minimum atomic E-state index is -0.548. The van der Waals surface area contributed by atoms with Crippen LogP contribution >= 0.6 is 11.6 Å². The van der Waals surface area contributed by atoms with Crippen molar-refractivity contribution in [2.75, 3.05) is 19.0 Å². The molecule has 0 radical (unpaired) electrons. The molecule has 1 aliphatic rings. The van der Waals surface area contributed by atoms with E-state index >= 15 is 0 Å². The Kier molecular flexibility index (Phi) is 3.26. The molecule has 1 aromatic carbocycles. The minimum Gasteiger partial charge on any atom is -0.495 e. The largest absolute Gasteiger partial charge is 0.495 e. The van der Waals surface area contributed by atoms with Crippen molar-refractivity contribution in [3.05, 3.63) is 23.2 Å². The molecular formula is C12H16ClNO2. The van der Waals surface area contributed by atoms with Crippen LogP contribution in [0, 0.1) is 0 Å². The van der Waals surface area contributed by atoms with Gasteiger partial charge in [-0.3, -0.25) is 0 Å². The van der Waals surface area contributed by atoms with Crippen molar-refractivity contribution >= 4 is 17.3 Å². The third-order valence-electron chi connectivity index (χ3n) is 3.05. The molecule has 2 N–H and O–H groups in total. The highest BCUT2D eigenvalue weighted by Gasteiger charge is 2.34. The van der Waals surface area contributed by atoms with Crippen LogP contribution in [0.4, 0.5) is 5.69 Å². The number of halogens is 1. The quantitative estimate of drug-likeness (QED) is 0.852. The number of ether oxygens (including phenoxy) is 1. The monoisotopic (exact) mass is 241 g/mol. The first kappa shape index (κ1) is 11.6. The SMILES string of the molecule is COc1ccc(Cl)cc1NCC1(O)CCC1. The highest BCUT2D eigenvalue weighted by Crippen LogP contribution is 2.33. The summed E-state index contributed by atoms with van der Waals surface area (Å²) in [6.07, 6.45) is 2.83. The Bertz CT molecular complexity index is 377. The van der Waals surface area contributed by atoms with E-state index in [-0.39, 0.29) is 0 Å². The Morgan fingerprint density at radius 3 is 2.81 bits per heavy atom. The molecule has 16 heavy (non-hydrogen) atoms. The Balaban J connectivity index is 2.04. The van der Waals surface area contributed by atoms with E-state index in [0.717, 1.165) is 30.7 Å². The average molecular weight is 242 g/mol. The highest BCUT2D eigenvalue weighted by atomic mass is 35.5. The van der Waals surface area contributed by atoms with Gasteiger partial charge in [0, 0.05) is 11.6 Å². The second-order valence-electron chi connectivity index (χ2n) is 4.28. The summed E-state index contributed by atoms with van der Waals surface area (Å²) in [4.78, 5) is 0. The van der Waals surface area contributed by atoms with Gasteiger partial charge in [-0.05, 0) is 37.5 Å². The maximum absolute atomic E-state index is 9.97. The molecule has 88 valence electrons. The first-order valence-corrected chi connectivity index (χ1v) is 5.81. The number of benzene rings is 1. The highest BCUT2D eigenvalue weighted by molar-refractivity contribution is 6.30. The third-order valence-corrected chi connectivity index (χ3v) is 3.29. The summed E-state index contributed by atoms with van der Waals surface area (Å²) in [7, 11) is 1.62. The standard InChI is InChI=1S/C12H16ClNO2/c1-16-11-4-3-9(13)7-10(11)14-8-12(15)5-2-6-12/h3-4,7,14-15H,2,5-6,8H2,1H3.